The van der Waals surface area contributed by atoms with Crippen LogP contribution in [0.1, 0.15) is 32.1 Å². The Balaban J connectivity index is 2.49. The summed E-state index contributed by atoms with van der Waals surface area (Å²) in [6.07, 6.45) is 5.50. The Morgan fingerprint density at radius 3 is 2.53 bits per heavy atom. The van der Waals surface area contributed by atoms with Crippen molar-refractivity contribution in [3.8, 4) is 0 Å². The van der Waals surface area contributed by atoms with Crippen LogP contribution in [0.15, 0.2) is 0 Å². The number of ether oxygens (including phenoxy) is 1. The third kappa shape index (κ3) is 3.18. The van der Waals surface area contributed by atoms with Crippen LogP contribution in [-0.2, 0) is 9.53 Å². The molecule has 0 aromatic carbocycles. The summed E-state index contributed by atoms with van der Waals surface area (Å²) in [5, 5.41) is 0. The second kappa shape index (κ2) is 6.08. The first-order chi connectivity index (χ1) is 7.20. The van der Waals surface area contributed by atoms with E-state index in [1.165, 1.54) is 26.4 Å². The Morgan fingerprint density at radius 2 is 2.07 bits per heavy atom. The van der Waals surface area contributed by atoms with Gasteiger partial charge in [0.2, 0.25) is 0 Å². The van der Waals surface area contributed by atoms with E-state index >= 15 is 0 Å². The maximum atomic E-state index is 11.9. The molecular formula is C11H22N2O2. The number of hydrogen-bond acceptors (Lipinski definition) is 3. The van der Waals surface area contributed by atoms with Crippen molar-refractivity contribution < 1.29 is 9.53 Å². The fourth-order valence-corrected chi connectivity index (χ4v) is 2.17. The van der Waals surface area contributed by atoms with Gasteiger partial charge in [0.1, 0.15) is 6.10 Å². The second-order valence-electron chi connectivity index (χ2n) is 4.20. The molecule has 0 aromatic heterocycles. The summed E-state index contributed by atoms with van der Waals surface area (Å²) in [7, 11) is 3.39. The molecular weight excluding hydrogens is 192 g/mol. The van der Waals surface area contributed by atoms with E-state index in [4.69, 9.17) is 10.5 Å². The van der Waals surface area contributed by atoms with E-state index in [1.807, 2.05) is 11.9 Å². The van der Waals surface area contributed by atoms with Crippen LogP contribution in [-0.4, -0.2) is 43.7 Å². The minimum absolute atomic E-state index is 0.0203. The van der Waals surface area contributed by atoms with Crippen molar-refractivity contribution in [1.29, 1.82) is 0 Å². The van der Waals surface area contributed by atoms with E-state index in [9.17, 15) is 4.79 Å². The lowest BCUT2D eigenvalue weighted by atomic mass is 9.94. The molecule has 1 fully saturated rings. The zero-order valence-electron chi connectivity index (χ0n) is 9.74. The molecule has 88 valence electrons. The molecule has 1 aliphatic carbocycles. The molecule has 1 rings (SSSR count). The number of nitrogens with zero attached hydrogens (tertiary/aromatic N) is 1. The predicted octanol–water partition coefficient (Wildman–Crippen LogP) is 0.751. The van der Waals surface area contributed by atoms with Gasteiger partial charge in [-0.3, -0.25) is 4.79 Å². The van der Waals surface area contributed by atoms with Crippen molar-refractivity contribution >= 4 is 5.91 Å². The molecule has 0 aromatic rings. The molecule has 1 saturated carbocycles. The number of carbonyl (C=O) groups is 1. The van der Waals surface area contributed by atoms with Gasteiger partial charge in [0.25, 0.3) is 5.91 Å². The van der Waals surface area contributed by atoms with E-state index in [0.29, 0.717) is 6.04 Å². The van der Waals surface area contributed by atoms with Gasteiger partial charge in [-0.05, 0) is 12.8 Å². The van der Waals surface area contributed by atoms with Crippen molar-refractivity contribution in [3.63, 3.8) is 0 Å². The summed E-state index contributed by atoms with van der Waals surface area (Å²) >= 11 is 0. The summed E-state index contributed by atoms with van der Waals surface area (Å²) < 4.78 is 5.06. The van der Waals surface area contributed by atoms with E-state index in [2.05, 4.69) is 0 Å². The Morgan fingerprint density at radius 1 is 1.47 bits per heavy atom. The van der Waals surface area contributed by atoms with Crippen molar-refractivity contribution in [2.45, 2.75) is 44.2 Å². The van der Waals surface area contributed by atoms with Crippen LogP contribution >= 0.6 is 0 Å². The summed E-state index contributed by atoms with van der Waals surface area (Å²) in [6, 6.07) is 0.385. The Bertz CT molecular complexity index is 199. The van der Waals surface area contributed by atoms with Crippen LogP contribution in [0.3, 0.4) is 0 Å². The second-order valence-corrected chi connectivity index (χ2v) is 4.20. The largest absolute Gasteiger partial charge is 0.370 e. The smallest absolute Gasteiger partial charge is 0.252 e. The Kier molecular flexibility index (Phi) is 5.05. The van der Waals surface area contributed by atoms with Gasteiger partial charge in [-0.1, -0.05) is 19.3 Å². The van der Waals surface area contributed by atoms with Crippen molar-refractivity contribution in [2.75, 3.05) is 20.7 Å². The molecule has 2 N–H and O–H groups in total. The van der Waals surface area contributed by atoms with Gasteiger partial charge >= 0.3 is 0 Å². The molecule has 15 heavy (non-hydrogen) atoms. The Labute approximate surface area is 91.8 Å². The average molecular weight is 214 g/mol. The summed E-state index contributed by atoms with van der Waals surface area (Å²) in [4.78, 5) is 13.7. The lowest BCUT2D eigenvalue weighted by Crippen LogP contribution is -2.46. The van der Waals surface area contributed by atoms with Crippen LogP contribution in [0.2, 0.25) is 0 Å². The van der Waals surface area contributed by atoms with Crippen LogP contribution < -0.4 is 5.73 Å². The molecule has 4 heteroatoms. The normalized spacial score (nSPS) is 19.9. The molecule has 4 nitrogen and oxygen atoms in total. The number of rotatable bonds is 4. The molecule has 0 saturated heterocycles. The van der Waals surface area contributed by atoms with E-state index in [1.54, 1.807) is 0 Å². The maximum Gasteiger partial charge on any atom is 0.252 e. The highest BCUT2D eigenvalue weighted by Gasteiger charge is 2.26. The van der Waals surface area contributed by atoms with E-state index < -0.39 is 6.10 Å². The van der Waals surface area contributed by atoms with Crippen LogP contribution in [0.5, 0.6) is 0 Å². The lowest BCUT2D eigenvalue weighted by molar-refractivity contribution is -0.142. The standard InChI is InChI=1S/C11H22N2O2/c1-13(9-6-4-3-5-7-9)11(14)10(8-12)15-2/h9-10H,3-8,12H2,1-2H3. The fraction of sp³-hybridized carbons (Fsp3) is 0.909. The summed E-state index contributed by atoms with van der Waals surface area (Å²) in [5.41, 5.74) is 5.48. The summed E-state index contributed by atoms with van der Waals surface area (Å²) in [6.45, 7) is 0.256. The monoisotopic (exact) mass is 214 g/mol. The van der Waals surface area contributed by atoms with Gasteiger partial charge in [0.15, 0.2) is 0 Å². The highest BCUT2D eigenvalue weighted by molar-refractivity contribution is 5.81. The SMILES string of the molecule is COC(CN)C(=O)N(C)C1CCCCC1. The zero-order valence-corrected chi connectivity index (χ0v) is 9.74. The van der Waals surface area contributed by atoms with Crippen molar-refractivity contribution in [3.05, 3.63) is 0 Å². The summed E-state index contributed by atoms with van der Waals surface area (Å²) in [5.74, 6) is 0.0203. The van der Waals surface area contributed by atoms with E-state index in [-0.39, 0.29) is 12.5 Å². The molecule has 0 bridgehead atoms. The number of likely N-dealkylation sites (N-methyl/N-ethyl adjacent to an activating group) is 1. The molecule has 1 unspecified atom stereocenters. The molecule has 1 aliphatic rings. The predicted molar refractivity (Wildman–Crippen MR) is 59.5 cm³/mol. The molecule has 1 atom stereocenters. The molecule has 1 amide bonds. The van der Waals surface area contributed by atoms with Gasteiger partial charge in [-0.25, -0.2) is 0 Å². The minimum atomic E-state index is -0.475. The molecule has 0 spiro atoms. The maximum absolute atomic E-state index is 11.9. The first-order valence-corrected chi connectivity index (χ1v) is 5.70. The first kappa shape index (κ1) is 12.5. The number of hydrogen-bond donors (Lipinski definition) is 1. The van der Waals surface area contributed by atoms with E-state index in [0.717, 1.165) is 12.8 Å². The van der Waals surface area contributed by atoms with Gasteiger partial charge in [0.05, 0.1) is 0 Å². The van der Waals surface area contributed by atoms with Crippen LogP contribution in [0.25, 0.3) is 0 Å². The zero-order chi connectivity index (χ0) is 11.3. The fourth-order valence-electron chi connectivity index (χ4n) is 2.17. The van der Waals surface area contributed by atoms with Crippen LogP contribution in [0.4, 0.5) is 0 Å². The number of carbonyl (C=O) groups excluding carboxylic acids is 1. The highest BCUT2D eigenvalue weighted by Crippen LogP contribution is 2.22. The number of nitrogens with two attached hydrogens (primary N) is 1. The van der Waals surface area contributed by atoms with Gasteiger partial charge in [0, 0.05) is 26.7 Å². The quantitative estimate of drug-likeness (QED) is 0.751. The number of amides is 1. The molecule has 0 heterocycles. The van der Waals surface area contributed by atoms with Gasteiger partial charge < -0.3 is 15.4 Å². The number of methoxy groups -OCH3 is 1. The van der Waals surface area contributed by atoms with Crippen molar-refractivity contribution in [2.24, 2.45) is 5.73 Å². The lowest BCUT2D eigenvalue weighted by Gasteiger charge is -2.33. The minimum Gasteiger partial charge on any atom is -0.370 e. The Hall–Kier alpha value is -0.610. The third-order valence-corrected chi connectivity index (χ3v) is 3.24. The van der Waals surface area contributed by atoms with Crippen molar-refractivity contribution in [1.82, 2.24) is 4.90 Å². The van der Waals surface area contributed by atoms with Gasteiger partial charge in [-0.2, -0.15) is 0 Å². The third-order valence-electron chi connectivity index (χ3n) is 3.24. The average Bonchev–Trinajstić information content (AvgIpc) is 2.30. The highest BCUT2D eigenvalue weighted by atomic mass is 16.5. The first-order valence-electron chi connectivity index (χ1n) is 5.70. The van der Waals surface area contributed by atoms with Crippen LogP contribution in [0, 0.1) is 0 Å². The topological polar surface area (TPSA) is 55.6 Å². The molecule has 0 radical (unpaired) electrons. The van der Waals surface area contributed by atoms with Gasteiger partial charge in [-0.15, -0.1) is 0 Å². The molecule has 0 aliphatic heterocycles.